The van der Waals surface area contributed by atoms with Gasteiger partial charge >= 0.3 is 0 Å². The number of nitrogens with zero attached hydrogens (tertiary/aromatic N) is 2. The quantitative estimate of drug-likeness (QED) is 0.798. The molecule has 14 heavy (non-hydrogen) atoms. The molecule has 0 aliphatic heterocycles. The van der Waals surface area contributed by atoms with E-state index in [0.717, 1.165) is 11.4 Å². The van der Waals surface area contributed by atoms with Gasteiger partial charge in [0.25, 0.3) is 0 Å². The Morgan fingerprint density at radius 2 is 2.29 bits per heavy atom. The van der Waals surface area contributed by atoms with Crippen LogP contribution >= 0.6 is 0 Å². The van der Waals surface area contributed by atoms with Crippen molar-refractivity contribution < 1.29 is 4.79 Å². The van der Waals surface area contributed by atoms with Crippen LogP contribution in [-0.4, -0.2) is 15.7 Å². The molecular formula is C10H17N3O. The average molecular weight is 195 g/mol. The van der Waals surface area contributed by atoms with E-state index in [9.17, 15) is 4.79 Å². The molecule has 1 aromatic heterocycles. The summed E-state index contributed by atoms with van der Waals surface area (Å²) >= 11 is 0. The van der Waals surface area contributed by atoms with Crippen LogP contribution in [0, 0.1) is 12.8 Å². The van der Waals surface area contributed by atoms with Gasteiger partial charge in [-0.25, -0.2) is 0 Å². The number of rotatable bonds is 3. The van der Waals surface area contributed by atoms with Gasteiger partial charge in [0.1, 0.15) is 0 Å². The highest BCUT2D eigenvalue weighted by Crippen LogP contribution is 2.13. The predicted octanol–water partition coefficient (Wildman–Crippen LogP) is 1.71. The highest BCUT2D eigenvalue weighted by atomic mass is 16.1. The molecule has 4 nitrogen and oxygen atoms in total. The third kappa shape index (κ3) is 2.58. The molecule has 0 fully saturated rings. The van der Waals surface area contributed by atoms with Gasteiger partial charge < -0.3 is 5.32 Å². The standard InChI is InChI=1S/C10H17N3O/c1-7(2)5-10(14)12-9-6-11-13(4)8(9)3/h6-7H,5H2,1-4H3,(H,12,14). The maximum absolute atomic E-state index is 11.4. The fraction of sp³-hybridized carbons (Fsp3) is 0.600. The predicted molar refractivity (Wildman–Crippen MR) is 56.0 cm³/mol. The van der Waals surface area contributed by atoms with E-state index in [2.05, 4.69) is 10.4 Å². The van der Waals surface area contributed by atoms with Crippen molar-refractivity contribution in [3.05, 3.63) is 11.9 Å². The highest BCUT2D eigenvalue weighted by molar-refractivity contribution is 5.91. The van der Waals surface area contributed by atoms with E-state index in [-0.39, 0.29) is 5.91 Å². The lowest BCUT2D eigenvalue weighted by molar-refractivity contribution is -0.116. The van der Waals surface area contributed by atoms with Crippen molar-refractivity contribution in [1.29, 1.82) is 0 Å². The summed E-state index contributed by atoms with van der Waals surface area (Å²) in [5.41, 5.74) is 1.78. The van der Waals surface area contributed by atoms with E-state index in [0.29, 0.717) is 12.3 Å². The number of carbonyl (C=O) groups is 1. The third-order valence-electron chi connectivity index (χ3n) is 2.10. The van der Waals surface area contributed by atoms with E-state index >= 15 is 0 Å². The molecule has 1 aromatic rings. The summed E-state index contributed by atoms with van der Waals surface area (Å²) in [7, 11) is 1.85. The van der Waals surface area contributed by atoms with Crippen LogP contribution in [0.25, 0.3) is 0 Å². The fourth-order valence-corrected chi connectivity index (χ4v) is 1.19. The van der Waals surface area contributed by atoms with Crippen LogP contribution in [0.4, 0.5) is 5.69 Å². The van der Waals surface area contributed by atoms with Gasteiger partial charge in [0.15, 0.2) is 0 Å². The normalized spacial score (nSPS) is 10.6. The van der Waals surface area contributed by atoms with Crippen LogP contribution in [-0.2, 0) is 11.8 Å². The molecule has 1 rings (SSSR count). The Balaban J connectivity index is 2.61. The summed E-state index contributed by atoms with van der Waals surface area (Å²) in [4.78, 5) is 11.4. The first kappa shape index (κ1) is 10.8. The number of nitrogens with one attached hydrogen (secondary N) is 1. The molecule has 0 saturated heterocycles. The van der Waals surface area contributed by atoms with E-state index < -0.39 is 0 Å². The monoisotopic (exact) mass is 195 g/mol. The summed E-state index contributed by atoms with van der Waals surface area (Å²) in [6.45, 7) is 5.98. The first-order valence-corrected chi connectivity index (χ1v) is 4.79. The van der Waals surface area contributed by atoms with Gasteiger partial charge in [-0.05, 0) is 12.8 Å². The van der Waals surface area contributed by atoms with Crippen LogP contribution in [0.5, 0.6) is 0 Å². The molecule has 1 heterocycles. The number of amides is 1. The number of hydrogen-bond donors (Lipinski definition) is 1. The smallest absolute Gasteiger partial charge is 0.224 e. The Kier molecular flexibility index (Phi) is 3.28. The number of carbonyl (C=O) groups excluding carboxylic acids is 1. The summed E-state index contributed by atoms with van der Waals surface area (Å²) in [6, 6.07) is 0. The minimum absolute atomic E-state index is 0.0519. The average Bonchev–Trinajstić information content (AvgIpc) is 2.34. The minimum atomic E-state index is 0.0519. The molecule has 4 heteroatoms. The molecule has 0 radical (unpaired) electrons. The third-order valence-corrected chi connectivity index (χ3v) is 2.10. The Labute approximate surface area is 84.3 Å². The van der Waals surface area contributed by atoms with Crippen LogP contribution in [0.3, 0.4) is 0 Å². The minimum Gasteiger partial charge on any atom is -0.323 e. The number of hydrogen-bond acceptors (Lipinski definition) is 2. The first-order valence-electron chi connectivity index (χ1n) is 4.79. The Morgan fingerprint density at radius 1 is 1.64 bits per heavy atom. The van der Waals surface area contributed by atoms with Crippen LogP contribution in [0.2, 0.25) is 0 Å². The molecule has 1 amide bonds. The zero-order chi connectivity index (χ0) is 10.7. The molecular weight excluding hydrogens is 178 g/mol. The zero-order valence-corrected chi connectivity index (χ0v) is 9.16. The lowest BCUT2D eigenvalue weighted by Crippen LogP contribution is -2.14. The Hall–Kier alpha value is -1.32. The van der Waals surface area contributed by atoms with Gasteiger partial charge in [-0.15, -0.1) is 0 Å². The Bertz CT molecular complexity index is 328. The SMILES string of the molecule is Cc1c(NC(=O)CC(C)C)cnn1C. The van der Waals surface area contributed by atoms with Crippen molar-refractivity contribution in [2.75, 3.05) is 5.32 Å². The van der Waals surface area contributed by atoms with Crippen molar-refractivity contribution in [2.24, 2.45) is 13.0 Å². The topological polar surface area (TPSA) is 46.9 Å². The molecule has 0 aliphatic rings. The van der Waals surface area contributed by atoms with Crippen LogP contribution in [0.1, 0.15) is 26.0 Å². The molecule has 0 aliphatic carbocycles. The van der Waals surface area contributed by atoms with Crippen LogP contribution < -0.4 is 5.32 Å². The van der Waals surface area contributed by atoms with Crippen molar-refractivity contribution >= 4 is 11.6 Å². The van der Waals surface area contributed by atoms with Crippen molar-refractivity contribution in [2.45, 2.75) is 27.2 Å². The lowest BCUT2D eigenvalue weighted by atomic mass is 10.1. The summed E-state index contributed by atoms with van der Waals surface area (Å²) in [5, 5.41) is 6.89. The Morgan fingerprint density at radius 3 is 2.71 bits per heavy atom. The van der Waals surface area contributed by atoms with E-state index in [1.165, 1.54) is 0 Å². The maximum Gasteiger partial charge on any atom is 0.224 e. The molecule has 0 atom stereocenters. The highest BCUT2D eigenvalue weighted by Gasteiger charge is 2.08. The van der Waals surface area contributed by atoms with Gasteiger partial charge in [-0.2, -0.15) is 5.10 Å². The second kappa shape index (κ2) is 4.26. The largest absolute Gasteiger partial charge is 0.323 e. The van der Waals surface area contributed by atoms with Gasteiger partial charge in [-0.3, -0.25) is 9.48 Å². The van der Waals surface area contributed by atoms with Crippen LogP contribution in [0.15, 0.2) is 6.20 Å². The van der Waals surface area contributed by atoms with E-state index in [1.54, 1.807) is 10.9 Å². The second-order valence-electron chi connectivity index (χ2n) is 3.91. The van der Waals surface area contributed by atoms with Crippen molar-refractivity contribution in [3.8, 4) is 0 Å². The van der Waals surface area contributed by atoms with Crippen molar-refractivity contribution in [1.82, 2.24) is 9.78 Å². The van der Waals surface area contributed by atoms with Gasteiger partial charge in [0, 0.05) is 13.5 Å². The zero-order valence-electron chi connectivity index (χ0n) is 9.16. The number of aryl methyl sites for hydroxylation is 1. The number of anilines is 1. The molecule has 78 valence electrons. The van der Waals surface area contributed by atoms with Gasteiger partial charge in [0.05, 0.1) is 17.6 Å². The van der Waals surface area contributed by atoms with Gasteiger partial charge in [-0.1, -0.05) is 13.8 Å². The molecule has 0 bridgehead atoms. The summed E-state index contributed by atoms with van der Waals surface area (Å²) in [6.07, 6.45) is 2.22. The lowest BCUT2D eigenvalue weighted by Gasteiger charge is -2.06. The number of aromatic nitrogens is 2. The summed E-state index contributed by atoms with van der Waals surface area (Å²) in [5.74, 6) is 0.433. The van der Waals surface area contributed by atoms with E-state index in [4.69, 9.17) is 0 Å². The molecule has 1 N–H and O–H groups in total. The van der Waals surface area contributed by atoms with E-state index in [1.807, 2.05) is 27.8 Å². The van der Waals surface area contributed by atoms with Gasteiger partial charge in [0.2, 0.25) is 5.91 Å². The molecule has 0 aromatic carbocycles. The molecule has 0 spiro atoms. The summed E-state index contributed by atoms with van der Waals surface area (Å²) < 4.78 is 1.74. The fourth-order valence-electron chi connectivity index (χ4n) is 1.19. The molecule has 0 saturated carbocycles. The second-order valence-corrected chi connectivity index (χ2v) is 3.91. The van der Waals surface area contributed by atoms with Crippen molar-refractivity contribution in [3.63, 3.8) is 0 Å². The molecule has 0 unspecified atom stereocenters. The maximum atomic E-state index is 11.4. The first-order chi connectivity index (χ1) is 6.50.